The Morgan fingerprint density at radius 1 is 0.917 bits per heavy atom. The van der Waals surface area contributed by atoms with Crippen molar-refractivity contribution in [3.05, 3.63) is 29.8 Å². The van der Waals surface area contributed by atoms with E-state index in [0.717, 1.165) is 0 Å². The second-order valence-corrected chi connectivity index (χ2v) is 9.46. The maximum Gasteiger partial charge on any atom is 0.326 e. The van der Waals surface area contributed by atoms with E-state index >= 15 is 0 Å². The minimum Gasteiger partial charge on any atom is -0.508 e. The van der Waals surface area contributed by atoms with Crippen molar-refractivity contribution in [3.63, 3.8) is 0 Å². The number of amides is 3. The third-order valence-electron chi connectivity index (χ3n) is 5.44. The fourth-order valence-corrected chi connectivity index (χ4v) is 3.60. The molecule has 1 aromatic carbocycles. The lowest BCUT2D eigenvalue weighted by Crippen LogP contribution is -2.57. The zero-order chi connectivity index (χ0) is 27.3. The van der Waals surface area contributed by atoms with Gasteiger partial charge in [0.05, 0.1) is 6.04 Å². The third-order valence-corrected chi connectivity index (χ3v) is 5.84. The van der Waals surface area contributed by atoms with E-state index in [1.165, 1.54) is 12.1 Å². The van der Waals surface area contributed by atoms with Crippen molar-refractivity contribution in [2.45, 2.75) is 70.1 Å². The number of hydrogen-bond donors (Lipinski definition) is 8. The van der Waals surface area contributed by atoms with E-state index in [2.05, 4.69) is 28.6 Å². The first-order chi connectivity index (χ1) is 17.0. The Labute approximate surface area is 217 Å². The SMILES string of the molecule is CC(C)CC(NC(=O)C(Cc1ccc(O)cc1)NC(=O)C(CCCCN)NC(=O)C(N)CS)C(=O)O. The van der Waals surface area contributed by atoms with Gasteiger partial charge in [0.25, 0.3) is 0 Å². The summed E-state index contributed by atoms with van der Waals surface area (Å²) in [6.07, 6.45) is 1.69. The van der Waals surface area contributed by atoms with Gasteiger partial charge in [-0.25, -0.2) is 4.79 Å². The molecule has 202 valence electrons. The predicted molar refractivity (Wildman–Crippen MR) is 139 cm³/mol. The maximum absolute atomic E-state index is 13.2. The number of benzene rings is 1. The molecule has 9 N–H and O–H groups in total. The van der Waals surface area contributed by atoms with Crippen LogP contribution in [0, 0.1) is 5.92 Å². The summed E-state index contributed by atoms with van der Waals surface area (Å²) in [6.45, 7) is 4.08. The molecule has 0 radical (unpaired) electrons. The Bertz CT molecular complexity index is 867. The minimum absolute atomic E-state index is 0.00900. The van der Waals surface area contributed by atoms with E-state index in [4.69, 9.17) is 11.5 Å². The molecule has 0 heterocycles. The number of unbranched alkanes of at least 4 members (excludes halogenated alkanes) is 1. The lowest BCUT2D eigenvalue weighted by molar-refractivity contribution is -0.142. The minimum atomic E-state index is -1.18. The highest BCUT2D eigenvalue weighted by atomic mass is 32.1. The highest BCUT2D eigenvalue weighted by Crippen LogP contribution is 2.13. The van der Waals surface area contributed by atoms with Gasteiger partial charge in [0.15, 0.2) is 0 Å². The smallest absolute Gasteiger partial charge is 0.326 e. The molecule has 0 spiro atoms. The number of phenols is 1. The van der Waals surface area contributed by atoms with Crippen LogP contribution in [0.5, 0.6) is 5.75 Å². The van der Waals surface area contributed by atoms with Crippen LogP contribution in [-0.2, 0) is 25.6 Å². The number of carbonyl (C=O) groups excluding carboxylic acids is 3. The summed E-state index contributed by atoms with van der Waals surface area (Å²) in [5, 5.41) is 26.9. The van der Waals surface area contributed by atoms with Gasteiger partial charge >= 0.3 is 5.97 Å². The monoisotopic (exact) mass is 525 g/mol. The van der Waals surface area contributed by atoms with Crippen LogP contribution in [-0.4, -0.2) is 70.4 Å². The molecule has 0 saturated carbocycles. The molecule has 0 fully saturated rings. The summed E-state index contributed by atoms with van der Waals surface area (Å²) in [4.78, 5) is 50.3. The number of aromatic hydroxyl groups is 1. The van der Waals surface area contributed by atoms with Crippen molar-refractivity contribution in [3.8, 4) is 5.75 Å². The summed E-state index contributed by atoms with van der Waals surface area (Å²) >= 11 is 4.01. The molecule has 36 heavy (non-hydrogen) atoms. The number of phenolic OH excluding ortho intramolecular Hbond substituents is 1. The van der Waals surface area contributed by atoms with Gasteiger partial charge in [0.1, 0.15) is 23.9 Å². The molecule has 0 aliphatic carbocycles. The van der Waals surface area contributed by atoms with Crippen molar-refractivity contribution < 1.29 is 29.4 Å². The molecular formula is C24H39N5O6S. The van der Waals surface area contributed by atoms with Crippen LogP contribution in [0.1, 0.15) is 45.1 Å². The molecule has 1 rings (SSSR count). The van der Waals surface area contributed by atoms with Crippen molar-refractivity contribution in [2.24, 2.45) is 17.4 Å². The van der Waals surface area contributed by atoms with Crippen molar-refractivity contribution >= 4 is 36.3 Å². The van der Waals surface area contributed by atoms with Crippen LogP contribution < -0.4 is 27.4 Å². The lowest BCUT2D eigenvalue weighted by atomic mass is 10.0. The lowest BCUT2D eigenvalue weighted by Gasteiger charge is -2.25. The largest absolute Gasteiger partial charge is 0.508 e. The summed E-state index contributed by atoms with van der Waals surface area (Å²) < 4.78 is 0. The Balaban J connectivity index is 3.14. The zero-order valence-electron chi connectivity index (χ0n) is 20.8. The average molecular weight is 526 g/mol. The molecule has 4 unspecified atom stereocenters. The number of aliphatic carboxylic acids is 1. The average Bonchev–Trinajstić information content (AvgIpc) is 2.82. The number of thiol groups is 1. The van der Waals surface area contributed by atoms with Gasteiger partial charge in [-0.05, 0) is 55.8 Å². The first-order valence-corrected chi connectivity index (χ1v) is 12.6. The van der Waals surface area contributed by atoms with Gasteiger partial charge in [0, 0.05) is 12.2 Å². The van der Waals surface area contributed by atoms with Crippen molar-refractivity contribution in [2.75, 3.05) is 12.3 Å². The molecule has 0 saturated heterocycles. The van der Waals surface area contributed by atoms with Gasteiger partial charge < -0.3 is 37.6 Å². The maximum atomic E-state index is 13.2. The first kappa shape index (κ1) is 31.2. The Kier molecular flexibility index (Phi) is 13.9. The fourth-order valence-electron chi connectivity index (χ4n) is 3.44. The molecule has 0 aliphatic heterocycles. The Morgan fingerprint density at radius 3 is 2.00 bits per heavy atom. The van der Waals surface area contributed by atoms with Gasteiger partial charge in [0.2, 0.25) is 17.7 Å². The highest BCUT2D eigenvalue weighted by molar-refractivity contribution is 7.80. The van der Waals surface area contributed by atoms with Gasteiger partial charge in [-0.3, -0.25) is 14.4 Å². The van der Waals surface area contributed by atoms with Crippen LogP contribution in [0.2, 0.25) is 0 Å². The van der Waals surface area contributed by atoms with E-state index in [9.17, 15) is 29.4 Å². The molecular weight excluding hydrogens is 486 g/mol. The predicted octanol–water partition coefficient (Wildman–Crippen LogP) is -0.0941. The third kappa shape index (κ3) is 11.3. The van der Waals surface area contributed by atoms with Crippen LogP contribution in [0.15, 0.2) is 24.3 Å². The van der Waals surface area contributed by atoms with E-state index < -0.39 is 47.9 Å². The second kappa shape index (κ2) is 16.0. The van der Waals surface area contributed by atoms with E-state index in [-0.39, 0.29) is 36.7 Å². The van der Waals surface area contributed by atoms with Crippen LogP contribution in [0.4, 0.5) is 0 Å². The number of carboxylic acid groups (broad SMARTS) is 1. The number of rotatable bonds is 16. The molecule has 12 heteroatoms. The Hall–Kier alpha value is -2.83. The van der Waals surface area contributed by atoms with Crippen LogP contribution in [0.25, 0.3) is 0 Å². The number of nitrogens with one attached hydrogen (secondary N) is 3. The zero-order valence-corrected chi connectivity index (χ0v) is 21.7. The molecule has 4 atom stereocenters. The fraction of sp³-hybridized carbons (Fsp3) is 0.583. The van der Waals surface area contributed by atoms with E-state index in [1.54, 1.807) is 12.1 Å². The van der Waals surface area contributed by atoms with E-state index in [0.29, 0.717) is 24.9 Å². The number of nitrogens with two attached hydrogens (primary N) is 2. The molecule has 0 aliphatic rings. The number of hydrogen-bond acceptors (Lipinski definition) is 8. The van der Waals surface area contributed by atoms with Crippen LogP contribution >= 0.6 is 12.6 Å². The number of carbonyl (C=O) groups is 4. The summed E-state index contributed by atoms with van der Waals surface area (Å²) in [7, 11) is 0. The molecule has 0 aromatic heterocycles. The Morgan fingerprint density at radius 2 is 1.47 bits per heavy atom. The highest BCUT2D eigenvalue weighted by Gasteiger charge is 2.30. The second-order valence-electron chi connectivity index (χ2n) is 9.10. The molecule has 0 bridgehead atoms. The topological polar surface area (TPSA) is 197 Å². The summed E-state index contributed by atoms with van der Waals surface area (Å²) in [6, 6.07) is 1.92. The summed E-state index contributed by atoms with van der Waals surface area (Å²) in [5.41, 5.74) is 11.9. The standard InChI is InChI=1S/C24H39N5O6S/c1-14(2)11-20(24(34)35)29-23(33)19(12-15-6-8-16(30)9-7-15)28-22(32)18(5-3-4-10-25)27-21(31)17(26)13-36/h6-9,14,17-20,30,36H,3-5,10-13,25-26H2,1-2H3,(H,27,31)(H,28,32)(H,29,33)(H,34,35). The van der Waals surface area contributed by atoms with Crippen molar-refractivity contribution in [1.29, 1.82) is 0 Å². The van der Waals surface area contributed by atoms with Gasteiger partial charge in [-0.1, -0.05) is 26.0 Å². The summed E-state index contributed by atoms with van der Waals surface area (Å²) in [5.74, 6) is -2.89. The van der Waals surface area contributed by atoms with Crippen LogP contribution in [0.3, 0.4) is 0 Å². The molecule has 3 amide bonds. The first-order valence-electron chi connectivity index (χ1n) is 12.0. The normalized spacial score (nSPS) is 14.4. The van der Waals surface area contributed by atoms with Gasteiger partial charge in [-0.15, -0.1) is 0 Å². The number of carboxylic acids is 1. The van der Waals surface area contributed by atoms with Gasteiger partial charge in [-0.2, -0.15) is 12.6 Å². The van der Waals surface area contributed by atoms with Crippen molar-refractivity contribution in [1.82, 2.24) is 16.0 Å². The van der Waals surface area contributed by atoms with E-state index in [1.807, 2.05) is 13.8 Å². The quantitative estimate of drug-likeness (QED) is 0.108. The molecule has 1 aromatic rings. The molecule has 11 nitrogen and oxygen atoms in total.